The lowest BCUT2D eigenvalue weighted by Crippen LogP contribution is -2.41. The first-order valence-corrected chi connectivity index (χ1v) is 14.1. The van der Waals surface area contributed by atoms with Gasteiger partial charge < -0.3 is 24.7 Å². The molecule has 202 valence electrons. The highest BCUT2D eigenvalue weighted by Gasteiger charge is 2.35. The summed E-state index contributed by atoms with van der Waals surface area (Å²) in [5, 5.41) is 21.1. The molecule has 39 heavy (non-hydrogen) atoms. The molecule has 0 fully saturated rings. The number of aromatic hydroxyl groups is 1. The minimum atomic E-state index is -1.12. The zero-order chi connectivity index (χ0) is 28.3. The number of carbonyl (C=O) groups excluding carboxylic acids is 3. The summed E-state index contributed by atoms with van der Waals surface area (Å²) in [6, 6.07) is 7.77. The number of ketones is 2. The molecular weight excluding hydrogens is 732 g/mol. The van der Waals surface area contributed by atoms with Crippen molar-refractivity contribution in [3.8, 4) is 11.5 Å². The Hall–Kier alpha value is -3.20. The van der Waals surface area contributed by atoms with Crippen LogP contribution in [-0.4, -0.2) is 46.3 Å². The number of nitrogens with one attached hydrogen (secondary N) is 1. The van der Waals surface area contributed by atoms with Crippen LogP contribution in [0.15, 0.2) is 46.9 Å². The van der Waals surface area contributed by atoms with Crippen LogP contribution < -0.4 is 10.1 Å². The first-order valence-electron chi connectivity index (χ1n) is 12.0. The number of carbonyl (C=O) groups is 4. The van der Waals surface area contributed by atoms with Gasteiger partial charge >= 0.3 is 5.97 Å². The normalized spacial score (nSPS) is 14.1. The molecule has 1 unspecified atom stereocenters. The number of carboxylic acid groups (broad SMARTS) is 1. The Morgan fingerprint density at radius 3 is 2.36 bits per heavy atom. The van der Waals surface area contributed by atoms with Crippen LogP contribution in [0.2, 0.25) is 0 Å². The number of hydrogen-bond donors (Lipinski definition) is 3. The van der Waals surface area contributed by atoms with Crippen molar-refractivity contribution < 1.29 is 38.5 Å². The number of furan rings is 1. The zero-order valence-corrected chi connectivity index (χ0v) is 24.9. The van der Waals surface area contributed by atoms with E-state index in [4.69, 9.17) is 14.3 Å². The van der Waals surface area contributed by atoms with E-state index in [0.29, 0.717) is 30.6 Å². The summed E-state index contributed by atoms with van der Waals surface area (Å²) in [4.78, 5) is 51.2. The number of Topliss-reactive ketones (excluding diaryl/α,β-unsaturated/α-hetero) is 1. The molecule has 0 saturated carbocycles. The molecule has 0 bridgehead atoms. The summed E-state index contributed by atoms with van der Waals surface area (Å²) in [7, 11) is 0. The fourth-order valence-electron chi connectivity index (χ4n) is 4.10. The molecule has 1 heterocycles. The number of amides is 1. The number of ether oxygens (including phenoxy) is 1. The number of aryl methyl sites for hydroxylation is 1. The molecule has 1 atom stereocenters. The van der Waals surface area contributed by atoms with Gasteiger partial charge in [0.15, 0.2) is 18.2 Å². The standard InChI is InChI=1S/C28H23I2NO8/c1-2-3-4-20-23(25(35)15-11-17(29)27(18(30)12-15)38-13-22(33)34)24-21(39-20)10-9-19(26(24)36)31-28(37)14-5-7-16(32)8-6-14/h5-12,19,32H,2-4,13H2,1H3,(H,31,37)(H,33,34). The van der Waals surface area contributed by atoms with E-state index in [0.717, 1.165) is 12.8 Å². The molecule has 0 spiro atoms. The number of benzene rings is 2. The van der Waals surface area contributed by atoms with Crippen LogP contribution in [0.4, 0.5) is 0 Å². The van der Waals surface area contributed by atoms with E-state index in [2.05, 4.69) is 5.32 Å². The van der Waals surface area contributed by atoms with Gasteiger partial charge in [-0.3, -0.25) is 14.4 Å². The van der Waals surface area contributed by atoms with Crippen LogP contribution in [-0.2, 0) is 11.2 Å². The lowest BCUT2D eigenvalue weighted by atomic mass is 9.89. The second-order valence-electron chi connectivity index (χ2n) is 8.74. The lowest BCUT2D eigenvalue weighted by Gasteiger charge is -2.18. The Bertz CT molecular complexity index is 1470. The molecule has 1 aromatic heterocycles. The Morgan fingerprint density at radius 1 is 1.08 bits per heavy atom. The number of unbranched alkanes of at least 4 members (excludes halogenated alkanes) is 1. The molecule has 4 rings (SSSR count). The van der Waals surface area contributed by atoms with Crippen LogP contribution in [0.25, 0.3) is 6.08 Å². The van der Waals surface area contributed by atoms with Gasteiger partial charge in [0.2, 0.25) is 0 Å². The molecule has 3 aromatic rings. The van der Waals surface area contributed by atoms with E-state index in [9.17, 15) is 24.3 Å². The van der Waals surface area contributed by atoms with Crippen molar-refractivity contribution in [3.05, 3.63) is 83.4 Å². The van der Waals surface area contributed by atoms with E-state index >= 15 is 0 Å². The van der Waals surface area contributed by atoms with Gasteiger partial charge in [-0.2, -0.15) is 0 Å². The monoisotopic (exact) mass is 755 g/mol. The largest absolute Gasteiger partial charge is 0.508 e. The number of rotatable bonds is 10. The Balaban J connectivity index is 1.69. The molecule has 0 radical (unpaired) electrons. The summed E-state index contributed by atoms with van der Waals surface area (Å²) in [6.45, 7) is 1.48. The van der Waals surface area contributed by atoms with Gasteiger partial charge in [0, 0.05) is 17.5 Å². The van der Waals surface area contributed by atoms with Crippen LogP contribution in [0.1, 0.15) is 67.9 Å². The quantitative estimate of drug-likeness (QED) is 0.189. The summed E-state index contributed by atoms with van der Waals surface area (Å²) in [5.74, 6) is -1.50. The first kappa shape index (κ1) is 28.8. The van der Waals surface area contributed by atoms with Crippen molar-refractivity contribution in [2.24, 2.45) is 0 Å². The number of phenols is 1. The predicted octanol–water partition coefficient (Wildman–Crippen LogP) is 5.24. The topological polar surface area (TPSA) is 143 Å². The molecule has 11 heteroatoms. The van der Waals surface area contributed by atoms with Gasteiger partial charge in [0.25, 0.3) is 5.91 Å². The van der Waals surface area contributed by atoms with Gasteiger partial charge in [-0.1, -0.05) is 19.4 Å². The van der Waals surface area contributed by atoms with E-state index in [1.54, 1.807) is 18.2 Å². The summed E-state index contributed by atoms with van der Waals surface area (Å²) in [6.07, 6.45) is 5.14. The molecule has 1 aliphatic carbocycles. The van der Waals surface area contributed by atoms with Gasteiger partial charge in [-0.05, 0) is 94.1 Å². The molecule has 0 saturated heterocycles. The number of carboxylic acids is 1. The van der Waals surface area contributed by atoms with Crippen molar-refractivity contribution in [3.63, 3.8) is 0 Å². The van der Waals surface area contributed by atoms with Crippen LogP contribution in [0.5, 0.6) is 11.5 Å². The molecule has 1 amide bonds. The highest BCUT2D eigenvalue weighted by Crippen LogP contribution is 2.35. The average Bonchev–Trinajstić information content (AvgIpc) is 3.27. The summed E-state index contributed by atoms with van der Waals surface area (Å²) >= 11 is 3.95. The highest BCUT2D eigenvalue weighted by molar-refractivity contribution is 14.1. The van der Waals surface area contributed by atoms with Crippen LogP contribution >= 0.6 is 45.2 Å². The van der Waals surface area contributed by atoms with Crippen molar-refractivity contribution in [1.82, 2.24) is 5.32 Å². The van der Waals surface area contributed by atoms with E-state index in [-0.39, 0.29) is 28.2 Å². The van der Waals surface area contributed by atoms with Gasteiger partial charge in [0.05, 0.1) is 18.3 Å². The third-order valence-electron chi connectivity index (χ3n) is 5.98. The average molecular weight is 755 g/mol. The number of hydrogen-bond acceptors (Lipinski definition) is 7. The van der Waals surface area contributed by atoms with E-state index in [1.165, 1.54) is 30.3 Å². The molecule has 9 nitrogen and oxygen atoms in total. The van der Waals surface area contributed by atoms with E-state index < -0.39 is 36.1 Å². The molecule has 0 aliphatic heterocycles. The van der Waals surface area contributed by atoms with E-state index in [1.807, 2.05) is 52.1 Å². The number of halogens is 2. The Morgan fingerprint density at radius 2 is 1.74 bits per heavy atom. The minimum Gasteiger partial charge on any atom is -0.508 e. The molecule has 2 aromatic carbocycles. The maximum atomic E-state index is 13.9. The number of phenolic OH excluding ortho intramolecular Hbond substituents is 1. The van der Waals surface area contributed by atoms with Crippen LogP contribution in [0.3, 0.4) is 0 Å². The first-order chi connectivity index (χ1) is 18.6. The number of fused-ring (bicyclic) bond motifs is 1. The maximum absolute atomic E-state index is 13.9. The van der Waals surface area contributed by atoms with Gasteiger partial charge in [-0.15, -0.1) is 0 Å². The Labute approximate surface area is 250 Å². The lowest BCUT2D eigenvalue weighted by molar-refractivity contribution is -0.139. The molecule has 3 N–H and O–H groups in total. The van der Waals surface area contributed by atoms with Crippen molar-refractivity contribution >= 4 is 74.7 Å². The highest BCUT2D eigenvalue weighted by atomic mass is 127. The second-order valence-corrected chi connectivity index (χ2v) is 11.1. The minimum absolute atomic E-state index is 0.0109. The maximum Gasteiger partial charge on any atom is 0.341 e. The summed E-state index contributed by atoms with van der Waals surface area (Å²) in [5.41, 5.74) is 0.824. The van der Waals surface area contributed by atoms with Crippen molar-refractivity contribution in [2.75, 3.05) is 6.61 Å². The molecular formula is C28H23I2NO8. The zero-order valence-electron chi connectivity index (χ0n) is 20.6. The second kappa shape index (κ2) is 12.3. The predicted molar refractivity (Wildman–Crippen MR) is 158 cm³/mol. The Kier molecular flexibility index (Phi) is 9.10. The van der Waals surface area contributed by atoms with Crippen LogP contribution in [0, 0.1) is 7.14 Å². The SMILES string of the molecule is CCCCc1oc2c(c1C(=O)c1cc(I)c(OCC(=O)O)c(I)c1)C(=O)C(NC(=O)c1ccc(O)cc1)C=C2. The molecule has 1 aliphatic rings. The van der Waals surface area contributed by atoms with Crippen molar-refractivity contribution in [2.45, 2.75) is 32.2 Å². The third-order valence-corrected chi connectivity index (χ3v) is 7.58. The van der Waals surface area contributed by atoms with Crippen molar-refractivity contribution in [1.29, 1.82) is 0 Å². The fraction of sp³-hybridized carbons (Fsp3) is 0.214. The van der Waals surface area contributed by atoms with Gasteiger partial charge in [0.1, 0.15) is 29.1 Å². The van der Waals surface area contributed by atoms with Gasteiger partial charge in [-0.25, -0.2) is 4.79 Å². The number of aliphatic carboxylic acids is 1. The fourth-order valence-corrected chi connectivity index (χ4v) is 6.18. The third kappa shape index (κ3) is 6.35. The summed E-state index contributed by atoms with van der Waals surface area (Å²) < 4.78 is 12.4. The smallest absolute Gasteiger partial charge is 0.341 e.